The zero-order chi connectivity index (χ0) is 18.7. The number of anilines is 1. The van der Waals surface area contributed by atoms with Crippen LogP contribution in [0.1, 0.15) is 69.7 Å². The Morgan fingerprint density at radius 2 is 1.96 bits per heavy atom. The van der Waals surface area contributed by atoms with Crippen LogP contribution in [0, 0.1) is 0 Å². The lowest BCUT2D eigenvalue weighted by Gasteiger charge is -2.19. The van der Waals surface area contributed by atoms with Gasteiger partial charge in [-0.2, -0.15) is 0 Å². The summed E-state index contributed by atoms with van der Waals surface area (Å²) >= 11 is 1.38. The second-order valence-corrected chi connectivity index (χ2v) is 7.94. The molecule has 2 aliphatic rings. The van der Waals surface area contributed by atoms with Crippen molar-refractivity contribution in [1.29, 1.82) is 0 Å². The standard InChI is InChI=1S/C17H25N5O3S/c1-3-11(4-2)13-20-21-15(26-13)18-12(23)7-10-22-14(24)17(19-16(22)25)8-5-6-9-17/h11H,3-10H2,1-2H3,(H,19,25)(H,18,21,23). The quantitative estimate of drug-likeness (QED) is 0.709. The molecule has 142 valence electrons. The van der Waals surface area contributed by atoms with Gasteiger partial charge in [0, 0.05) is 18.9 Å². The summed E-state index contributed by atoms with van der Waals surface area (Å²) in [6.45, 7) is 4.28. The van der Waals surface area contributed by atoms with Gasteiger partial charge in [0.2, 0.25) is 11.0 Å². The minimum Gasteiger partial charge on any atom is -0.323 e. The molecule has 2 heterocycles. The Kier molecular flexibility index (Phi) is 5.55. The molecule has 0 radical (unpaired) electrons. The minimum absolute atomic E-state index is 0.0507. The maximum absolute atomic E-state index is 12.5. The van der Waals surface area contributed by atoms with Crippen LogP contribution in [-0.4, -0.2) is 45.0 Å². The van der Waals surface area contributed by atoms with Gasteiger partial charge >= 0.3 is 6.03 Å². The summed E-state index contributed by atoms with van der Waals surface area (Å²) in [5, 5.41) is 15.1. The minimum atomic E-state index is -0.725. The molecule has 1 aromatic rings. The topological polar surface area (TPSA) is 104 Å². The number of nitrogens with one attached hydrogen (secondary N) is 2. The van der Waals surface area contributed by atoms with Gasteiger partial charge in [0.05, 0.1) is 0 Å². The van der Waals surface area contributed by atoms with Gasteiger partial charge in [-0.3, -0.25) is 14.5 Å². The third kappa shape index (κ3) is 3.58. The summed E-state index contributed by atoms with van der Waals surface area (Å²) in [5.41, 5.74) is -0.725. The molecule has 9 heteroatoms. The first-order valence-corrected chi connectivity index (χ1v) is 10.1. The number of hydrogen-bond donors (Lipinski definition) is 2. The maximum Gasteiger partial charge on any atom is 0.325 e. The van der Waals surface area contributed by atoms with Crippen LogP contribution in [-0.2, 0) is 9.59 Å². The van der Waals surface area contributed by atoms with Gasteiger partial charge in [0.1, 0.15) is 10.5 Å². The van der Waals surface area contributed by atoms with Gasteiger partial charge in [-0.05, 0) is 25.7 Å². The average molecular weight is 379 g/mol. The molecule has 2 N–H and O–H groups in total. The van der Waals surface area contributed by atoms with E-state index in [1.165, 1.54) is 16.2 Å². The average Bonchev–Trinajstić information content (AvgIpc) is 3.31. The van der Waals surface area contributed by atoms with Crippen LogP contribution in [0.2, 0.25) is 0 Å². The van der Waals surface area contributed by atoms with E-state index in [1.807, 2.05) is 0 Å². The van der Waals surface area contributed by atoms with Crippen LogP contribution < -0.4 is 10.6 Å². The van der Waals surface area contributed by atoms with Crippen LogP contribution >= 0.6 is 11.3 Å². The first-order valence-electron chi connectivity index (χ1n) is 9.26. The molecule has 1 saturated heterocycles. The van der Waals surface area contributed by atoms with Crippen molar-refractivity contribution in [2.75, 3.05) is 11.9 Å². The molecular weight excluding hydrogens is 354 g/mol. The van der Waals surface area contributed by atoms with Gasteiger partial charge in [0.25, 0.3) is 5.91 Å². The van der Waals surface area contributed by atoms with Crippen LogP contribution in [0.4, 0.5) is 9.93 Å². The Morgan fingerprint density at radius 3 is 2.62 bits per heavy atom. The van der Waals surface area contributed by atoms with Gasteiger partial charge in [-0.25, -0.2) is 4.79 Å². The van der Waals surface area contributed by atoms with Crippen LogP contribution in [0.15, 0.2) is 0 Å². The first-order chi connectivity index (χ1) is 12.5. The number of amides is 4. The molecule has 0 unspecified atom stereocenters. The van der Waals surface area contributed by atoms with Crippen molar-refractivity contribution in [3.63, 3.8) is 0 Å². The summed E-state index contributed by atoms with van der Waals surface area (Å²) in [4.78, 5) is 38.0. The highest BCUT2D eigenvalue weighted by molar-refractivity contribution is 7.15. The van der Waals surface area contributed by atoms with E-state index in [9.17, 15) is 14.4 Å². The molecule has 1 spiro atoms. The second kappa shape index (κ2) is 7.69. The third-order valence-electron chi connectivity index (χ3n) is 5.29. The summed E-state index contributed by atoms with van der Waals surface area (Å²) in [7, 11) is 0. The molecule has 1 aromatic heterocycles. The highest BCUT2D eigenvalue weighted by Gasteiger charge is 2.52. The van der Waals surface area contributed by atoms with Gasteiger partial charge in [-0.1, -0.05) is 38.0 Å². The van der Waals surface area contributed by atoms with Crippen molar-refractivity contribution in [3.05, 3.63) is 5.01 Å². The van der Waals surface area contributed by atoms with E-state index in [2.05, 4.69) is 34.7 Å². The molecule has 8 nitrogen and oxygen atoms in total. The van der Waals surface area contributed by atoms with E-state index in [4.69, 9.17) is 0 Å². The molecule has 26 heavy (non-hydrogen) atoms. The zero-order valence-electron chi connectivity index (χ0n) is 15.2. The van der Waals surface area contributed by atoms with Gasteiger partial charge in [0.15, 0.2) is 0 Å². The zero-order valence-corrected chi connectivity index (χ0v) is 16.0. The molecule has 1 saturated carbocycles. The molecule has 0 atom stereocenters. The lowest BCUT2D eigenvalue weighted by Crippen LogP contribution is -2.44. The maximum atomic E-state index is 12.5. The number of imide groups is 1. The summed E-state index contributed by atoms with van der Waals surface area (Å²) < 4.78 is 0. The highest BCUT2D eigenvalue weighted by atomic mass is 32.1. The van der Waals surface area contributed by atoms with E-state index < -0.39 is 11.6 Å². The summed E-state index contributed by atoms with van der Waals surface area (Å²) in [6.07, 6.45) is 5.26. The van der Waals surface area contributed by atoms with Crippen molar-refractivity contribution in [1.82, 2.24) is 20.4 Å². The number of rotatable bonds is 7. The van der Waals surface area contributed by atoms with Crippen LogP contribution in [0.25, 0.3) is 0 Å². The molecule has 4 amide bonds. The highest BCUT2D eigenvalue weighted by Crippen LogP contribution is 2.35. The Hall–Kier alpha value is -2.03. The normalized spacial score (nSPS) is 18.8. The van der Waals surface area contributed by atoms with E-state index in [1.54, 1.807) is 0 Å². The smallest absolute Gasteiger partial charge is 0.323 e. The Morgan fingerprint density at radius 1 is 1.27 bits per heavy atom. The van der Waals surface area contributed by atoms with Gasteiger partial charge < -0.3 is 10.6 Å². The van der Waals surface area contributed by atoms with Gasteiger partial charge in [-0.15, -0.1) is 10.2 Å². The van der Waals surface area contributed by atoms with Crippen LogP contribution in [0.5, 0.6) is 0 Å². The predicted molar refractivity (Wildman–Crippen MR) is 97.9 cm³/mol. The monoisotopic (exact) mass is 379 g/mol. The summed E-state index contributed by atoms with van der Waals surface area (Å²) in [5.74, 6) is -0.114. The van der Waals surface area contributed by atoms with Crippen molar-refractivity contribution < 1.29 is 14.4 Å². The molecule has 1 aliphatic heterocycles. The first kappa shape index (κ1) is 18.8. The molecule has 2 fully saturated rings. The number of carbonyl (C=O) groups excluding carboxylic acids is 3. The molecule has 0 aromatic carbocycles. The molecule has 1 aliphatic carbocycles. The number of nitrogens with zero attached hydrogens (tertiary/aromatic N) is 3. The fourth-order valence-corrected chi connectivity index (χ4v) is 4.71. The predicted octanol–water partition coefficient (Wildman–Crippen LogP) is 2.63. The third-order valence-corrected chi connectivity index (χ3v) is 6.29. The number of carbonyl (C=O) groups is 3. The summed E-state index contributed by atoms with van der Waals surface area (Å²) in [6, 6.07) is -0.392. The number of aromatic nitrogens is 2. The Balaban J connectivity index is 1.53. The van der Waals surface area contributed by atoms with Crippen molar-refractivity contribution in [3.8, 4) is 0 Å². The van der Waals surface area contributed by atoms with Crippen molar-refractivity contribution in [2.45, 2.75) is 70.3 Å². The fourth-order valence-electron chi connectivity index (χ4n) is 3.68. The lowest BCUT2D eigenvalue weighted by molar-refractivity contribution is -0.131. The molecule has 0 bridgehead atoms. The largest absolute Gasteiger partial charge is 0.325 e. The Bertz CT molecular complexity index is 694. The second-order valence-electron chi connectivity index (χ2n) is 6.93. The SMILES string of the molecule is CCC(CC)c1nnc(NC(=O)CCN2C(=O)NC3(CCCC3)C2=O)s1. The fraction of sp³-hybridized carbons (Fsp3) is 0.706. The number of hydrogen-bond acceptors (Lipinski definition) is 6. The number of urea groups is 1. The van der Waals surface area contributed by atoms with E-state index in [0.29, 0.717) is 23.9 Å². The van der Waals surface area contributed by atoms with E-state index in [-0.39, 0.29) is 24.8 Å². The van der Waals surface area contributed by atoms with Crippen molar-refractivity contribution in [2.24, 2.45) is 0 Å². The van der Waals surface area contributed by atoms with E-state index >= 15 is 0 Å². The molecular formula is C17H25N5O3S. The van der Waals surface area contributed by atoms with E-state index in [0.717, 1.165) is 30.7 Å². The molecule has 3 rings (SSSR count). The van der Waals surface area contributed by atoms with Crippen LogP contribution in [0.3, 0.4) is 0 Å². The van der Waals surface area contributed by atoms with Crippen molar-refractivity contribution >= 4 is 34.3 Å². The lowest BCUT2D eigenvalue weighted by atomic mass is 9.98. The Labute approximate surface area is 156 Å².